The van der Waals surface area contributed by atoms with Gasteiger partial charge >= 0.3 is 0 Å². The largest absolute Gasteiger partial charge is 0.263 e. The summed E-state index contributed by atoms with van der Waals surface area (Å²) in [6.07, 6.45) is 4.66. The lowest BCUT2D eigenvalue weighted by molar-refractivity contribution is 1.33. The maximum atomic E-state index is 9.19. The van der Waals surface area contributed by atoms with E-state index in [0.717, 1.165) is 11.1 Å². The van der Waals surface area contributed by atoms with E-state index in [2.05, 4.69) is 27.1 Å². The molecule has 1 aliphatic carbocycles. The van der Waals surface area contributed by atoms with Crippen LogP contribution in [0.2, 0.25) is 0 Å². The highest BCUT2D eigenvalue weighted by Gasteiger charge is 2.16. The Morgan fingerprint density at radius 2 is 1.33 bits per heavy atom. The zero-order valence-corrected chi connectivity index (χ0v) is 9.12. The lowest BCUT2D eigenvalue weighted by Crippen LogP contribution is -1.89. The summed E-state index contributed by atoms with van der Waals surface area (Å²) in [5, 5.41) is 18.4. The lowest BCUT2D eigenvalue weighted by Gasteiger charge is -2.01. The van der Waals surface area contributed by atoms with Gasteiger partial charge in [0.15, 0.2) is 0 Å². The monoisotopic (exact) mass is 231 g/mol. The Hall–Kier alpha value is -3.05. The molecule has 3 rings (SSSR count). The van der Waals surface area contributed by atoms with Crippen molar-refractivity contribution in [2.45, 2.75) is 0 Å². The van der Waals surface area contributed by atoms with E-state index in [1.54, 1.807) is 24.5 Å². The van der Waals surface area contributed by atoms with Gasteiger partial charge < -0.3 is 0 Å². The zero-order valence-electron chi connectivity index (χ0n) is 9.12. The summed E-state index contributed by atoms with van der Waals surface area (Å²) < 4.78 is 0. The Morgan fingerprint density at radius 3 is 1.78 bits per heavy atom. The smallest absolute Gasteiger partial charge is 0.117 e. The third kappa shape index (κ3) is 1.35. The molecular weight excluding hydrogens is 226 g/mol. The minimum atomic E-state index is 0.387. The first-order chi connectivity index (χ1) is 8.83. The van der Waals surface area contributed by atoms with Crippen LogP contribution in [-0.4, -0.2) is 15.0 Å². The van der Waals surface area contributed by atoms with E-state index in [-0.39, 0.29) is 0 Å². The van der Waals surface area contributed by atoms with Crippen LogP contribution in [0.1, 0.15) is 11.1 Å². The molecule has 2 aliphatic heterocycles. The number of nitrogens with zero attached hydrogens (tertiary/aromatic N) is 5. The van der Waals surface area contributed by atoms with E-state index >= 15 is 0 Å². The topological polar surface area (TPSA) is 86.2 Å². The van der Waals surface area contributed by atoms with Crippen LogP contribution in [0.25, 0.3) is 22.5 Å². The molecule has 0 fully saturated rings. The number of fused-ring (bicyclic) bond motifs is 2. The van der Waals surface area contributed by atoms with Crippen molar-refractivity contribution in [3.8, 4) is 34.7 Å². The molecule has 0 radical (unpaired) electrons. The summed E-state index contributed by atoms with van der Waals surface area (Å²) in [5.41, 5.74) is 3.26. The molecular formula is C13H5N5. The van der Waals surface area contributed by atoms with Gasteiger partial charge in [-0.2, -0.15) is 10.5 Å². The molecule has 0 saturated heterocycles. The van der Waals surface area contributed by atoms with E-state index in [0.29, 0.717) is 22.5 Å². The molecule has 0 spiro atoms. The molecule has 0 aromatic heterocycles. The van der Waals surface area contributed by atoms with E-state index in [1.165, 1.54) is 6.33 Å². The van der Waals surface area contributed by atoms with Crippen LogP contribution >= 0.6 is 0 Å². The Labute approximate surface area is 103 Å². The van der Waals surface area contributed by atoms with Gasteiger partial charge in [-0.15, -0.1) is 0 Å². The quantitative estimate of drug-likeness (QED) is 0.589. The van der Waals surface area contributed by atoms with Crippen molar-refractivity contribution in [2.75, 3.05) is 0 Å². The third-order valence-electron chi connectivity index (χ3n) is 2.71. The summed E-state index contributed by atoms with van der Waals surface area (Å²) in [7, 11) is 0. The molecule has 82 valence electrons. The van der Waals surface area contributed by atoms with Crippen LogP contribution in [0, 0.1) is 22.7 Å². The van der Waals surface area contributed by atoms with Crippen LogP contribution < -0.4 is 0 Å². The maximum absolute atomic E-state index is 9.19. The number of imidazole rings is 1. The second kappa shape index (κ2) is 3.76. The van der Waals surface area contributed by atoms with Gasteiger partial charge in [0.1, 0.15) is 29.9 Å². The molecule has 0 atom stereocenters. The summed E-state index contributed by atoms with van der Waals surface area (Å²) in [5.74, 6) is 0. The number of hydrogen-bond acceptors (Lipinski definition) is 5. The summed E-state index contributed by atoms with van der Waals surface area (Å²) in [6.45, 7) is 0. The van der Waals surface area contributed by atoms with Crippen LogP contribution in [0.5, 0.6) is 0 Å². The highest BCUT2D eigenvalue weighted by atomic mass is 14.9. The Kier molecular flexibility index (Phi) is 2.11. The lowest BCUT2D eigenvalue weighted by atomic mass is 10.0. The number of hydrogen-bond donors (Lipinski definition) is 0. The number of aromatic nitrogens is 3. The van der Waals surface area contributed by atoms with E-state index in [9.17, 15) is 10.5 Å². The second-order valence-corrected chi connectivity index (χ2v) is 3.73. The van der Waals surface area contributed by atoms with Crippen LogP contribution in [0.3, 0.4) is 0 Å². The van der Waals surface area contributed by atoms with E-state index in [1.807, 2.05) is 0 Å². The molecule has 5 heteroatoms. The van der Waals surface area contributed by atoms with Gasteiger partial charge in [0, 0.05) is 23.5 Å². The van der Waals surface area contributed by atoms with Crippen LogP contribution in [0.15, 0.2) is 30.9 Å². The molecule has 0 unspecified atom stereocenters. The van der Waals surface area contributed by atoms with Gasteiger partial charge in [-0.25, -0.2) is 9.97 Å². The summed E-state index contributed by atoms with van der Waals surface area (Å²) >= 11 is 0. The molecule has 18 heavy (non-hydrogen) atoms. The minimum absolute atomic E-state index is 0.387. The molecule has 0 N–H and O–H groups in total. The first kappa shape index (κ1) is 10.1. The van der Waals surface area contributed by atoms with Gasteiger partial charge in [-0.3, -0.25) is 4.98 Å². The third-order valence-corrected chi connectivity index (χ3v) is 2.71. The Bertz CT molecular complexity index is 703. The predicted octanol–water partition coefficient (Wildman–Crippen LogP) is 1.82. The van der Waals surface area contributed by atoms with Crippen molar-refractivity contribution in [1.29, 1.82) is 10.5 Å². The normalized spacial score (nSPS) is 10.1. The summed E-state index contributed by atoms with van der Waals surface area (Å²) in [6, 6.07) is 7.58. The van der Waals surface area contributed by atoms with E-state index < -0.39 is 0 Å². The van der Waals surface area contributed by atoms with Crippen LogP contribution in [0.4, 0.5) is 0 Å². The van der Waals surface area contributed by atoms with Gasteiger partial charge in [-0.05, 0) is 12.1 Å². The average Bonchev–Trinajstić information content (AvgIpc) is 2.99. The zero-order chi connectivity index (χ0) is 12.5. The maximum Gasteiger partial charge on any atom is 0.117 e. The molecule has 0 bridgehead atoms. The highest BCUT2D eigenvalue weighted by molar-refractivity contribution is 5.76. The average molecular weight is 231 g/mol. The second-order valence-electron chi connectivity index (χ2n) is 3.73. The fourth-order valence-corrected chi connectivity index (χ4v) is 1.87. The molecule has 0 aromatic rings. The molecule has 0 amide bonds. The molecule has 2 heterocycles. The van der Waals surface area contributed by atoms with Gasteiger partial charge in [0.25, 0.3) is 0 Å². The van der Waals surface area contributed by atoms with E-state index in [4.69, 9.17) is 0 Å². The fraction of sp³-hybridized carbons (Fsp3) is 0. The van der Waals surface area contributed by atoms with Gasteiger partial charge in [0.2, 0.25) is 0 Å². The first-order valence-corrected chi connectivity index (χ1v) is 5.16. The minimum Gasteiger partial charge on any atom is -0.263 e. The molecule has 3 aliphatic rings. The molecule has 0 saturated carbocycles. The SMILES string of the molecule is N#Cc1cc2cncc-2cc(C#N)c2ncnc1-2. The fourth-order valence-electron chi connectivity index (χ4n) is 1.87. The van der Waals surface area contributed by atoms with Gasteiger partial charge in [-0.1, -0.05) is 0 Å². The molecule has 5 nitrogen and oxygen atoms in total. The van der Waals surface area contributed by atoms with Crippen molar-refractivity contribution in [2.24, 2.45) is 0 Å². The van der Waals surface area contributed by atoms with Crippen molar-refractivity contribution in [3.05, 3.63) is 42.0 Å². The predicted molar refractivity (Wildman–Crippen MR) is 62.5 cm³/mol. The summed E-state index contributed by atoms with van der Waals surface area (Å²) in [4.78, 5) is 12.1. The van der Waals surface area contributed by atoms with Crippen LogP contribution in [-0.2, 0) is 0 Å². The number of nitriles is 2. The van der Waals surface area contributed by atoms with Crippen molar-refractivity contribution in [1.82, 2.24) is 15.0 Å². The Morgan fingerprint density at radius 1 is 0.833 bits per heavy atom. The van der Waals surface area contributed by atoms with Crippen molar-refractivity contribution in [3.63, 3.8) is 0 Å². The van der Waals surface area contributed by atoms with Crippen molar-refractivity contribution < 1.29 is 0 Å². The number of rotatable bonds is 0. The Balaban J connectivity index is 2.49. The standard InChI is InChI=1S/C13H5N5/c14-3-8-1-10-5-16-6-11(10)2-9(4-15)13-12(8)17-7-18-13/h1-2,5-7H. The van der Waals surface area contributed by atoms with Crippen molar-refractivity contribution >= 4 is 0 Å². The first-order valence-electron chi connectivity index (χ1n) is 5.16. The van der Waals surface area contributed by atoms with Gasteiger partial charge in [0.05, 0.1) is 11.1 Å². The highest BCUT2D eigenvalue weighted by Crippen LogP contribution is 2.29. The molecule has 0 aromatic carbocycles.